The molecule has 2 N–H and O–H groups in total. The van der Waals surface area contributed by atoms with E-state index in [1.165, 1.54) is 0 Å². The van der Waals surface area contributed by atoms with Crippen LogP contribution in [-0.4, -0.2) is 57.0 Å². The average molecular weight is 288 g/mol. The van der Waals surface area contributed by atoms with Crippen LogP contribution in [0, 0.1) is 0 Å². The maximum Gasteiger partial charge on any atom is 0.215 e. The number of likely N-dealkylation sites (N-methyl/N-ethyl adjacent to an activating group) is 1. The van der Waals surface area contributed by atoms with Gasteiger partial charge in [-0.15, -0.1) is 0 Å². The smallest absolute Gasteiger partial charge is 0.215 e. The van der Waals surface area contributed by atoms with E-state index in [2.05, 4.69) is 12.2 Å². The zero-order chi connectivity index (χ0) is 13.0. The van der Waals surface area contributed by atoms with Gasteiger partial charge in [-0.3, -0.25) is 0 Å². The molecule has 9 heteroatoms. The van der Waals surface area contributed by atoms with E-state index in [9.17, 15) is 16.8 Å². The number of sulfonamides is 1. The lowest BCUT2D eigenvalue weighted by atomic mass is 10.6. The first-order valence-electron chi connectivity index (χ1n) is 4.52. The zero-order valence-corrected chi connectivity index (χ0v) is 11.7. The lowest BCUT2D eigenvalue weighted by Crippen LogP contribution is -2.40. The Kier molecular flexibility index (Phi) is 5.80. The monoisotopic (exact) mass is 288 g/mol. The molecule has 0 aliphatic heterocycles. The highest BCUT2D eigenvalue weighted by Gasteiger charge is 2.22. The van der Waals surface area contributed by atoms with Gasteiger partial charge in [0.1, 0.15) is 9.84 Å². The third-order valence-corrected chi connectivity index (χ3v) is 5.02. The lowest BCUT2D eigenvalue weighted by molar-refractivity contribution is 0.469. The predicted octanol–water partition coefficient (Wildman–Crippen LogP) is -1.03. The van der Waals surface area contributed by atoms with Crippen LogP contribution in [0.15, 0.2) is 0 Å². The van der Waals surface area contributed by atoms with Gasteiger partial charge in [0.05, 0.1) is 23.0 Å². The molecule has 0 spiro atoms. The third kappa shape index (κ3) is 6.36. The lowest BCUT2D eigenvalue weighted by Gasteiger charge is -2.19. The van der Waals surface area contributed by atoms with E-state index in [0.29, 0.717) is 0 Å². The van der Waals surface area contributed by atoms with Gasteiger partial charge in [-0.2, -0.15) is 4.31 Å². The molecule has 0 saturated carbocycles. The minimum atomic E-state index is -3.61. The summed E-state index contributed by atoms with van der Waals surface area (Å²) in [5, 5.41) is 0. The summed E-state index contributed by atoms with van der Waals surface area (Å²) >= 11 is 4.62. The van der Waals surface area contributed by atoms with Crippen LogP contribution >= 0.6 is 12.2 Å². The Bertz CT molecular complexity index is 440. The van der Waals surface area contributed by atoms with Gasteiger partial charge in [0.25, 0.3) is 0 Å². The zero-order valence-electron chi connectivity index (χ0n) is 9.21. The Morgan fingerprint density at radius 3 is 2.06 bits per heavy atom. The second-order valence-corrected chi connectivity index (χ2v) is 8.21. The van der Waals surface area contributed by atoms with Crippen molar-refractivity contribution in [1.82, 2.24) is 4.31 Å². The molecule has 0 saturated heterocycles. The van der Waals surface area contributed by atoms with Crippen molar-refractivity contribution in [2.24, 2.45) is 5.73 Å². The first-order valence-corrected chi connectivity index (χ1v) is 8.60. The summed E-state index contributed by atoms with van der Waals surface area (Å²) in [6, 6.07) is 0. The van der Waals surface area contributed by atoms with E-state index in [0.717, 1.165) is 10.6 Å². The third-order valence-electron chi connectivity index (χ3n) is 1.79. The minimum Gasteiger partial charge on any atom is -0.392 e. The number of nitrogens with zero attached hydrogens (tertiary/aromatic N) is 1. The Hall–Kier alpha value is -0.250. The van der Waals surface area contributed by atoms with Crippen molar-refractivity contribution in [2.75, 3.05) is 30.9 Å². The van der Waals surface area contributed by atoms with Gasteiger partial charge in [-0.05, 0) is 0 Å². The number of thiocarbonyl (C=S) groups is 1. The van der Waals surface area contributed by atoms with Crippen molar-refractivity contribution in [3.8, 4) is 0 Å². The van der Waals surface area contributed by atoms with Crippen molar-refractivity contribution in [1.29, 1.82) is 0 Å². The summed E-state index contributed by atoms with van der Waals surface area (Å²) in [6.07, 6.45) is 0.992. The van der Waals surface area contributed by atoms with Crippen molar-refractivity contribution in [2.45, 2.75) is 6.92 Å². The number of sulfone groups is 1. The maximum absolute atomic E-state index is 11.7. The van der Waals surface area contributed by atoms with Gasteiger partial charge in [0, 0.05) is 12.8 Å². The van der Waals surface area contributed by atoms with Crippen LogP contribution in [0.25, 0.3) is 0 Å². The van der Waals surface area contributed by atoms with Gasteiger partial charge < -0.3 is 5.73 Å². The minimum absolute atomic E-state index is 0.0576. The Morgan fingerprint density at radius 2 is 1.75 bits per heavy atom. The second-order valence-electron chi connectivity index (χ2n) is 3.34. The molecule has 0 rings (SSSR count). The highest BCUT2D eigenvalue weighted by molar-refractivity contribution is 7.93. The fourth-order valence-electron chi connectivity index (χ4n) is 0.966. The van der Waals surface area contributed by atoms with Gasteiger partial charge in [0.15, 0.2) is 0 Å². The van der Waals surface area contributed by atoms with Crippen LogP contribution in [0.5, 0.6) is 0 Å². The highest BCUT2D eigenvalue weighted by Crippen LogP contribution is 2.02. The van der Waals surface area contributed by atoms with Crippen LogP contribution in [0.2, 0.25) is 0 Å². The van der Waals surface area contributed by atoms with Crippen LogP contribution in [0.4, 0.5) is 0 Å². The molecule has 0 amide bonds. The van der Waals surface area contributed by atoms with E-state index < -0.39 is 31.4 Å². The molecule has 0 aromatic carbocycles. The SMILES string of the molecule is CCN(CC(N)=S)S(=O)(=O)CCS(C)(=O)=O. The summed E-state index contributed by atoms with van der Waals surface area (Å²) < 4.78 is 46.2. The van der Waals surface area contributed by atoms with Crippen LogP contribution in [0.1, 0.15) is 6.92 Å². The summed E-state index contributed by atoms with van der Waals surface area (Å²) in [5.41, 5.74) is 5.25. The molecule has 0 bridgehead atoms. The van der Waals surface area contributed by atoms with E-state index in [1.54, 1.807) is 6.92 Å². The Labute approximate surface area is 102 Å². The topological polar surface area (TPSA) is 97.5 Å². The molecule has 96 valence electrons. The molecular weight excluding hydrogens is 272 g/mol. The Balaban J connectivity index is 4.69. The molecule has 0 unspecified atom stereocenters. The van der Waals surface area contributed by atoms with Gasteiger partial charge in [-0.1, -0.05) is 19.1 Å². The quantitative estimate of drug-likeness (QED) is 0.602. The maximum atomic E-state index is 11.7. The summed E-state index contributed by atoms with van der Waals surface area (Å²) in [5.74, 6) is -0.842. The van der Waals surface area contributed by atoms with Crippen molar-refractivity contribution in [3.05, 3.63) is 0 Å². The standard InChI is InChI=1S/C7H16N2O4S3/c1-3-9(6-7(8)14)16(12,13)5-4-15(2,10)11/h3-6H2,1-2H3,(H2,8,14). The van der Waals surface area contributed by atoms with Gasteiger partial charge in [0.2, 0.25) is 10.0 Å². The number of hydrogen-bond donors (Lipinski definition) is 1. The molecule has 0 heterocycles. The normalized spacial score (nSPS) is 12.9. The van der Waals surface area contributed by atoms with Gasteiger partial charge in [-0.25, -0.2) is 16.8 Å². The van der Waals surface area contributed by atoms with Crippen molar-refractivity contribution in [3.63, 3.8) is 0 Å². The molecule has 16 heavy (non-hydrogen) atoms. The van der Waals surface area contributed by atoms with E-state index in [4.69, 9.17) is 5.73 Å². The largest absolute Gasteiger partial charge is 0.392 e. The highest BCUT2D eigenvalue weighted by atomic mass is 32.2. The molecule has 0 aromatic heterocycles. The van der Waals surface area contributed by atoms with Gasteiger partial charge >= 0.3 is 0 Å². The van der Waals surface area contributed by atoms with Crippen molar-refractivity contribution < 1.29 is 16.8 Å². The second kappa shape index (κ2) is 5.89. The molecule has 0 fully saturated rings. The van der Waals surface area contributed by atoms with E-state index >= 15 is 0 Å². The molecule has 0 aliphatic rings. The van der Waals surface area contributed by atoms with E-state index in [1.807, 2.05) is 0 Å². The predicted molar refractivity (Wildman–Crippen MR) is 67.5 cm³/mol. The van der Waals surface area contributed by atoms with Crippen LogP contribution in [-0.2, 0) is 19.9 Å². The first-order chi connectivity index (χ1) is 7.08. The summed E-state index contributed by atoms with van der Waals surface area (Å²) in [7, 11) is -6.91. The summed E-state index contributed by atoms with van der Waals surface area (Å²) in [4.78, 5) is 0.0600. The number of rotatable bonds is 7. The number of hydrogen-bond acceptors (Lipinski definition) is 5. The fourth-order valence-corrected chi connectivity index (χ4v) is 4.24. The van der Waals surface area contributed by atoms with Crippen LogP contribution in [0.3, 0.4) is 0 Å². The molecule has 6 nitrogen and oxygen atoms in total. The van der Waals surface area contributed by atoms with Crippen molar-refractivity contribution >= 4 is 37.1 Å². The molecule has 0 aromatic rings. The molecular formula is C7H16N2O4S3. The van der Waals surface area contributed by atoms with Crippen LogP contribution < -0.4 is 5.73 Å². The Morgan fingerprint density at radius 1 is 1.25 bits per heavy atom. The van der Waals surface area contributed by atoms with E-state index in [-0.39, 0.29) is 18.1 Å². The first kappa shape index (κ1) is 15.8. The number of nitrogens with two attached hydrogens (primary N) is 1. The fraction of sp³-hybridized carbons (Fsp3) is 0.857. The summed E-state index contributed by atoms with van der Waals surface area (Å²) in [6.45, 7) is 1.79. The molecule has 0 atom stereocenters. The average Bonchev–Trinajstić information content (AvgIpc) is 2.09. The molecule has 0 radical (unpaired) electrons. The molecule has 0 aliphatic carbocycles.